The van der Waals surface area contributed by atoms with E-state index in [1.165, 1.54) is 18.9 Å². The number of ether oxygens (including phenoxy) is 1. The average Bonchev–Trinajstić information content (AvgIpc) is 2.94. The van der Waals surface area contributed by atoms with E-state index in [0.29, 0.717) is 24.5 Å². The molecule has 9 nitrogen and oxygen atoms in total. The number of likely N-dealkylation sites (N-methyl/N-ethyl adjacent to an activating group) is 1. The van der Waals surface area contributed by atoms with Gasteiger partial charge in [0.1, 0.15) is 24.4 Å². The average molecular weight is 549 g/mol. The molecule has 214 valence electrons. The highest BCUT2D eigenvalue weighted by molar-refractivity contribution is 5.93. The molecule has 0 aliphatic carbocycles. The molecule has 2 aromatic rings. The Kier molecular flexibility index (Phi) is 11.5. The number of amides is 3. The van der Waals surface area contributed by atoms with Gasteiger partial charge in [-0.1, -0.05) is 74.6 Å². The molecular weight excluding hydrogens is 508 g/mol. The molecule has 4 N–H and O–H groups in total. The molecule has 1 aliphatic heterocycles. The number of benzene rings is 2. The SMILES string of the molecule is CCC(C)[C@@H]1NCCOc2ccccc2C#CCNC(=O)[C@@H](Cc2ccccc2)NC(=O)[C@H](C(C)O)N(C)C1=O. The molecule has 1 aliphatic rings. The van der Waals surface area contributed by atoms with Crippen molar-refractivity contribution in [1.29, 1.82) is 0 Å². The maximum Gasteiger partial charge on any atom is 0.246 e. The van der Waals surface area contributed by atoms with Gasteiger partial charge >= 0.3 is 0 Å². The summed E-state index contributed by atoms with van der Waals surface area (Å²) in [5, 5.41) is 19.4. The Morgan fingerprint density at radius 2 is 1.75 bits per heavy atom. The number of fused-ring (bicyclic) bond motifs is 1. The normalized spacial score (nSPS) is 22.7. The summed E-state index contributed by atoms with van der Waals surface area (Å²) in [5.74, 6) is 5.19. The standard InChI is InChI=1S/C31H40N4O5/c1-5-21(2)27-31(39)35(4)28(22(3)36)30(38)34-25(20-23-12-7-6-8-13-23)29(37)33-17-11-15-24-14-9-10-16-26(24)40-19-18-32-27/h6-10,12-14,16,21-22,25,27-28,32,36H,5,17-20H2,1-4H3,(H,33,37)(H,34,38)/t21?,22?,25-,27+,28+/m1/s1. The number of aliphatic hydroxyl groups excluding tert-OH is 1. The van der Waals surface area contributed by atoms with Crippen LogP contribution in [0.2, 0.25) is 0 Å². The molecule has 1 heterocycles. The molecule has 3 rings (SSSR count). The molecule has 0 saturated heterocycles. The summed E-state index contributed by atoms with van der Waals surface area (Å²) >= 11 is 0. The Hall–Kier alpha value is -3.87. The molecule has 2 aromatic carbocycles. The summed E-state index contributed by atoms with van der Waals surface area (Å²) in [6.07, 6.45) is -0.228. The van der Waals surface area contributed by atoms with Crippen LogP contribution in [0.5, 0.6) is 5.75 Å². The van der Waals surface area contributed by atoms with E-state index in [9.17, 15) is 19.5 Å². The first-order valence-corrected chi connectivity index (χ1v) is 13.7. The fraction of sp³-hybridized carbons (Fsp3) is 0.452. The number of hydrogen-bond donors (Lipinski definition) is 4. The summed E-state index contributed by atoms with van der Waals surface area (Å²) in [6.45, 7) is 6.14. The van der Waals surface area contributed by atoms with E-state index in [1.54, 1.807) is 0 Å². The predicted octanol–water partition coefficient (Wildman–Crippen LogP) is 1.49. The minimum absolute atomic E-state index is 0.0481. The highest BCUT2D eigenvalue weighted by atomic mass is 16.5. The molecule has 3 amide bonds. The first kappa shape index (κ1) is 30.7. The van der Waals surface area contributed by atoms with Crippen LogP contribution in [0.25, 0.3) is 0 Å². The molecule has 0 bridgehead atoms. The molecule has 0 saturated carbocycles. The molecule has 40 heavy (non-hydrogen) atoms. The number of nitrogens with zero attached hydrogens (tertiary/aromatic N) is 1. The largest absolute Gasteiger partial charge is 0.491 e. The van der Waals surface area contributed by atoms with Crippen molar-refractivity contribution in [3.63, 3.8) is 0 Å². The van der Waals surface area contributed by atoms with E-state index in [0.717, 1.165) is 12.0 Å². The zero-order chi connectivity index (χ0) is 29.1. The number of aliphatic hydroxyl groups is 1. The van der Waals surface area contributed by atoms with E-state index in [-0.39, 0.29) is 24.8 Å². The van der Waals surface area contributed by atoms with Crippen LogP contribution in [0.4, 0.5) is 0 Å². The highest BCUT2D eigenvalue weighted by Gasteiger charge is 2.37. The van der Waals surface area contributed by atoms with Crippen molar-refractivity contribution >= 4 is 17.7 Å². The summed E-state index contributed by atoms with van der Waals surface area (Å²) in [4.78, 5) is 41.7. The maximum atomic E-state index is 13.7. The third kappa shape index (κ3) is 8.31. The van der Waals surface area contributed by atoms with Crippen molar-refractivity contribution in [1.82, 2.24) is 20.9 Å². The Bertz CT molecular complexity index is 1210. The minimum Gasteiger partial charge on any atom is -0.491 e. The van der Waals surface area contributed by atoms with Crippen LogP contribution >= 0.6 is 0 Å². The van der Waals surface area contributed by atoms with Crippen molar-refractivity contribution in [2.24, 2.45) is 5.92 Å². The van der Waals surface area contributed by atoms with Crippen LogP contribution in [0.3, 0.4) is 0 Å². The lowest BCUT2D eigenvalue weighted by Gasteiger charge is -2.35. The van der Waals surface area contributed by atoms with Gasteiger partial charge in [-0.3, -0.25) is 14.4 Å². The summed E-state index contributed by atoms with van der Waals surface area (Å²) in [6, 6.07) is 13.9. The second kappa shape index (κ2) is 15.1. The lowest BCUT2D eigenvalue weighted by atomic mass is 9.96. The summed E-state index contributed by atoms with van der Waals surface area (Å²) in [7, 11) is 1.50. The monoisotopic (exact) mass is 548 g/mol. The molecule has 2 unspecified atom stereocenters. The van der Waals surface area contributed by atoms with Crippen LogP contribution in [-0.4, -0.2) is 78.7 Å². The van der Waals surface area contributed by atoms with Crippen molar-refractivity contribution in [2.75, 3.05) is 26.7 Å². The second-order valence-electron chi connectivity index (χ2n) is 10.1. The van der Waals surface area contributed by atoms with Crippen LogP contribution in [0, 0.1) is 17.8 Å². The first-order chi connectivity index (χ1) is 19.2. The molecule has 5 atom stereocenters. The number of hydrogen-bond acceptors (Lipinski definition) is 6. The zero-order valence-corrected chi connectivity index (χ0v) is 23.6. The smallest absolute Gasteiger partial charge is 0.246 e. The Morgan fingerprint density at radius 1 is 1.05 bits per heavy atom. The fourth-order valence-electron chi connectivity index (χ4n) is 4.62. The van der Waals surface area contributed by atoms with Crippen molar-refractivity contribution in [3.05, 3.63) is 65.7 Å². The number of para-hydroxylation sites is 1. The third-order valence-corrected chi connectivity index (χ3v) is 7.07. The van der Waals surface area contributed by atoms with Gasteiger partial charge in [-0.05, 0) is 30.5 Å². The predicted molar refractivity (Wildman–Crippen MR) is 153 cm³/mol. The second-order valence-corrected chi connectivity index (χ2v) is 10.1. The topological polar surface area (TPSA) is 120 Å². The number of carbonyl (C=O) groups is 3. The van der Waals surface area contributed by atoms with Gasteiger partial charge in [-0.25, -0.2) is 0 Å². The van der Waals surface area contributed by atoms with E-state index in [4.69, 9.17) is 4.74 Å². The quantitative estimate of drug-likeness (QED) is 0.421. The maximum absolute atomic E-state index is 13.7. The van der Waals surface area contributed by atoms with Crippen LogP contribution in [0.1, 0.15) is 38.3 Å². The number of rotatable bonds is 5. The van der Waals surface area contributed by atoms with Gasteiger partial charge in [0.05, 0.1) is 24.3 Å². The van der Waals surface area contributed by atoms with Crippen molar-refractivity contribution < 1.29 is 24.2 Å². The molecule has 0 radical (unpaired) electrons. The fourth-order valence-corrected chi connectivity index (χ4v) is 4.62. The summed E-state index contributed by atoms with van der Waals surface area (Å²) in [5.41, 5.74) is 1.53. The Labute approximate surface area is 236 Å². The van der Waals surface area contributed by atoms with Crippen molar-refractivity contribution in [3.8, 4) is 17.6 Å². The number of carbonyl (C=O) groups excluding carboxylic acids is 3. The molecule has 0 aromatic heterocycles. The van der Waals surface area contributed by atoms with Gasteiger partial charge in [0.15, 0.2) is 0 Å². The first-order valence-electron chi connectivity index (χ1n) is 13.7. The van der Waals surface area contributed by atoms with Crippen LogP contribution in [-0.2, 0) is 20.8 Å². The van der Waals surface area contributed by atoms with E-state index < -0.39 is 36.0 Å². The lowest BCUT2D eigenvalue weighted by Crippen LogP contribution is -2.61. The van der Waals surface area contributed by atoms with Gasteiger partial charge in [-0.2, -0.15) is 0 Å². The van der Waals surface area contributed by atoms with E-state index >= 15 is 0 Å². The number of nitrogens with one attached hydrogen (secondary N) is 3. The van der Waals surface area contributed by atoms with Crippen molar-refractivity contribution in [2.45, 2.75) is 57.8 Å². The van der Waals surface area contributed by atoms with Crippen LogP contribution in [0.15, 0.2) is 54.6 Å². The van der Waals surface area contributed by atoms with Gasteiger partial charge in [0.25, 0.3) is 0 Å². The van der Waals surface area contributed by atoms with Gasteiger partial charge in [-0.15, -0.1) is 0 Å². The van der Waals surface area contributed by atoms with E-state index in [2.05, 4.69) is 27.8 Å². The van der Waals surface area contributed by atoms with Crippen LogP contribution < -0.4 is 20.7 Å². The molecule has 9 heteroatoms. The molecule has 0 spiro atoms. The summed E-state index contributed by atoms with van der Waals surface area (Å²) < 4.78 is 5.96. The van der Waals surface area contributed by atoms with Gasteiger partial charge in [0.2, 0.25) is 17.7 Å². The minimum atomic E-state index is -1.20. The van der Waals surface area contributed by atoms with Gasteiger partial charge < -0.3 is 30.7 Å². The van der Waals surface area contributed by atoms with Gasteiger partial charge in [0, 0.05) is 20.0 Å². The third-order valence-electron chi connectivity index (χ3n) is 7.07. The molecule has 0 fully saturated rings. The Balaban J connectivity index is 1.96. The van der Waals surface area contributed by atoms with E-state index in [1.807, 2.05) is 68.4 Å². The molecular formula is C31H40N4O5. The highest BCUT2D eigenvalue weighted by Crippen LogP contribution is 2.17. The Morgan fingerprint density at radius 3 is 2.45 bits per heavy atom. The lowest BCUT2D eigenvalue weighted by molar-refractivity contribution is -0.146. The zero-order valence-electron chi connectivity index (χ0n) is 23.6.